The van der Waals surface area contributed by atoms with Crippen LogP contribution < -0.4 is 0 Å². The molecule has 0 rings (SSSR count). The molecule has 0 radical (unpaired) electrons. The highest BCUT2D eigenvalue weighted by Crippen LogP contribution is 1.83. The minimum Gasteiger partial charge on any atom is -0.480 e. The first-order valence-corrected chi connectivity index (χ1v) is 3.07. The molecule has 3 nitrogen and oxygen atoms in total. The average Bonchev–Trinajstić information content (AvgIpc) is 1.63. The summed E-state index contributed by atoms with van der Waals surface area (Å²) in [5.74, 6) is -0.758. The number of aliphatic carboxylic acids is 1. The zero-order valence-corrected chi connectivity index (χ0v) is 7.15. The van der Waals surface area contributed by atoms with Crippen LogP contribution in [0, 0.1) is 0 Å². The molecular weight excluding hydrogens is 154 g/mol. The lowest BCUT2D eigenvalue weighted by molar-refractivity contribution is -0.137. The first-order chi connectivity index (χ1) is 4.16. The lowest BCUT2D eigenvalue weighted by Crippen LogP contribution is -2.26. The number of nitrogens with zero attached hydrogens (tertiary/aromatic N) is 1. The molecule has 0 bridgehead atoms. The first kappa shape index (κ1) is 12.4. The molecule has 10 heavy (non-hydrogen) atoms. The molecule has 0 unspecified atom stereocenters. The Kier molecular flexibility index (Phi) is 8.48. The summed E-state index contributed by atoms with van der Waals surface area (Å²) in [6.07, 6.45) is 1.00. The van der Waals surface area contributed by atoms with Crippen molar-refractivity contribution in [3.63, 3.8) is 0 Å². The number of carbonyl (C=O) groups is 1. The SMILES string of the molecule is CCCN(C)CC(=O)O.Cl. The normalized spacial score (nSPS) is 9.10. The number of hydrogen-bond donors (Lipinski definition) is 1. The largest absolute Gasteiger partial charge is 0.480 e. The Bertz CT molecular complexity index is 97.7. The number of rotatable bonds is 4. The van der Waals surface area contributed by atoms with Crippen LogP contribution >= 0.6 is 12.4 Å². The van der Waals surface area contributed by atoms with Crippen molar-refractivity contribution in [1.29, 1.82) is 0 Å². The average molecular weight is 168 g/mol. The van der Waals surface area contributed by atoms with Gasteiger partial charge in [-0.3, -0.25) is 9.69 Å². The van der Waals surface area contributed by atoms with Gasteiger partial charge in [0.1, 0.15) is 0 Å². The van der Waals surface area contributed by atoms with E-state index < -0.39 is 5.97 Å². The minimum absolute atomic E-state index is 0. The molecular formula is C6H14ClNO2. The lowest BCUT2D eigenvalue weighted by Gasteiger charge is -2.10. The fourth-order valence-corrected chi connectivity index (χ4v) is 0.692. The van der Waals surface area contributed by atoms with Crippen molar-refractivity contribution in [2.45, 2.75) is 13.3 Å². The van der Waals surface area contributed by atoms with Gasteiger partial charge in [0.2, 0.25) is 0 Å². The van der Waals surface area contributed by atoms with Gasteiger partial charge < -0.3 is 5.11 Å². The number of hydrogen-bond acceptors (Lipinski definition) is 2. The van der Waals surface area contributed by atoms with Crippen molar-refractivity contribution in [1.82, 2.24) is 4.90 Å². The quantitative estimate of drug-likeness (QED) is 0.675. The molecule has 0 saturated heterocycles. The second kappa shape index (κ2) is 6.83. The highest BCUT2D eigenvalue weighted by atomic mass is 35.5. The van der Waals surface area contributed by atoms with Crippen molar-refractivity contribution in [2.24, 2.45) is 0 Å². The van der Waals surface area contributed by atoms with Crippen LogP contribution in [0.15, 0.2) is 0 Å². The first-order valence-electron chi connectivity index (χ1n) is 3.07. The van der Waals surface area contributed by atoms with Crippen LogP contribution in [0.2, 0.25) is 0 Å². The summed E-state index contributed by atoms with van der Waals surface area (Å²) in [6, 6.07) is 0. The maximum atomic E-state index is 10.0. The van der Waals surface area contributed by atoms with Crippen LogP contribution in [0.1, 0.15) is 13.3 Å². The summed E-state index contributed by atoms with van der Waals surface area (Å²) in [7, 11) is 1.80. The predicted molar refractivity (Wildman–Crippen MR) is 42.7 cm³/mol. The van der Waals surface area contributed by atoms with E-state index >= 15 is 0 Å². The molecule has 0 aromatic carbocycles. The smallest absolute Gasteiger partial charge is 0.317 e. The van der Waals surface area contributed by atoms with Gasteiger partial charge >= 0.3 is 5.97 Å². The molecule has 0 aliphatic rings. The summed E-state index contributed by atoms with van der Waals surface area (Å²) in [5, 5.41) is 8.27. The lowest BCUT2D eigenvalue weighted by atomic mass is 10.4. The van der Waals surface area contributed by atoms with Gasteiger partial charge in [-0.15, -0.1) is 12.4 Å². The van der Waals surface area contributed by atoms with Gasteiger partial charge in [-0.25, -0.2) is 0 Å². The summed E-state index contributed by atoms with van der Waals surface area (Å²) in [5.41, 5.74) is 0. The zero-order valence-electron chi connectivity index (χ0n) is 6.33. The number of likely N-dealkylation sites (N-methyl/N-ethyl adjacent to an activating group) is 1. The molecule has 0 fully saturated rings. The van der Waals surface area contributed by atoms with Gasteiger partial charge in [-0.1, -0.05) is 6.92 Å². The highest BCUT2D eigenvalue weighted by Gasteiger charge is 2.00. The van der Waals surface area contributed by atoms with Crippen LogP contribution in [-0.4, -0.2) is 36.1 Å². The van der Waals surface area contributed by atoms with Crippen LogP contribution in [0.5, 0.6) is 0 Å². The van der Waals surface area contributed by atoms with Crippen LogP contribution in [-0.2, 0) is 4.79 Å². The van der Waals surface area contributed by atoms with Crippen molar-refractivity contribution in [3.8, 4) is 0 Å². The Hall–Kier alpha value is -0.280. The molecule has 0 atom stereocenters. The van der Waals surface area contributed by atoms with E-state index in [0.29, 0.717) is 0 Å². The van der Waals surface area contributed by atoms with E-state index in [9.17, 15) is 4.79 Å². The van der Waals surface area contributed by atoms with E-state index in [4.69, 9.17) is 5.11 Å². The van der Waals surface area contributed by atoms with Crippen LogP contribution in [0.4, 0.5) is 0 Å². The van der Waals surface area contributed by atoms with Crippen molar-refractivity contribution >= 4 is 18.4 Å². The second-order valence-electron chi connectivity index (χ2n) is 2.13. The molecule has 0 aliphatic heterocycles. The third-order valence-electron chi connectivity index (χ3n) is 1.01. The maximum absolute atomic E-state index is 10.0. The molecule has 0 heterocycles. The molecule has 1 N–H and O–H groups in total. The van der Waals surface area contributed by atoms with E-state index in [2.05, 4.69) is 0 Å². The molecule has 0 aliphatic carbocycles. The standard InChI is InChI=1S/C6H13NO2.ClH/c1-3-4-7(2)5-6(8)9;/h3-5H2,1-2H3,(H,8,9);1H. The Balaban J connectivity index is 0. The fraction of sp³-hybridized carbons (Fsp3) is 0.833. The predicted octanol–water partition coefficient (Wildman–Crippen LogP) is 0.835. The van der Waals surface area contributed by atoms with E-state index in [1.807, 2.05) is 6.92 Å². The summed E-state index contributed by atoms with van der Waals surface area (Å²) in [6.45, 7) is 3.03. The molecule has 0 aromatic rings. The number of halogens is 1. The van der Waals surface area contributed by atoms with E-state index in [0.717, 1.165) is 13.0 Å². The van der Waals surface area contributed by atoms with Crippen molar-refractivity contribution in [2.75, 3.05) is 20.1 Å². The number of carboxylic acid groups (broad SMARTS) is 1. The second-order valence-corrected chi connectivity index (χ2v) is 2.13. The van der Waals surface area contributed by atoms with Crippen LogP contribution in [0.25, 0.3) is 0 Å². The topological polar surface area (TPSA) is 40.5 Å². The third kappa shape index (κ3) is 7.72. The molecule has 0 aromatic heterocycles. The molecule has 0 saturated carbocycles. The van der Waals surface area contributed by atoms with Crippen molar-refractivity contribution in [3.05, 3.63) is 0 Å². The van der Waals surface area contributed by atoms with Gasteiger partial charge in [-0.05, 0) is 20.0 Å². The van der Waals surface area contributed by atoms with Gasteiger partial charge in [0.25, 0.3) is 0 Å². The van der Waals surface area contributed by atoms with E-state index in [1.54, 1.807) is 11.9 Å². The van der Waals surface area contributed by atoms with Crippen LogP contribution in [0.3, 0.4) is 0 Å². The Morgan fingerprint density at radius 1 is 1.60 bits per heavy atom. The monoisotopic (exact) mass is 167 g/mol. The maximum Gasteiger partial charge on any atom is 0.317 e. The number of carboxylic acids is 1. The zero-order chi connectivity index (χ0) is 7.28. The molecule has 4 heteroatoms. The summed E-state index contributed by atoms with van der Waals surface area (Å²) >= 11 is 0. The Labute approximate surface area is 67.4 Å². The summed E-state index contributed by atoms with van der Waals surface area (Å²) < 4.78 is 0. The Morgan fingerprint density at radius 2 is 2.10 bits per heavy atom. The Morgan fingerprint density at radius 3 is 2.40 bits per heavy atom. The summed E-state index contributed by atoms with van der Waals surface area (Å²) in [4.78, 5) is 11.8. The van der Waals surface area contributed by atoms with E-state index in [1.165, 1.54) is 0 Å². The van der Waals surface area contributed by atoms with Gasteiger partial charge in [0, 0.05) is 0 Å². The molecule has 62 valence electrons. The third-order valence-corrected chi connectivity index (χ3v) is 1.01. The van der Waals surface area contributed by atoms with Gasteiger partial charge in [0.05, 0.1) is 6.54 Å². The van der Waals surface area contributed by atoms with E-state index in [-0.39, 0.29) is 19.0 Å². The minimum atomic E-state index is -0.758. The fourth-order valence-electron chi connectivity index (χ4n) is 0.692. The molecule has 0 spiro atoms. The van der Waals surface area contributed by atoms with Crippen molar-refractivity contribution < 1.29 is 9.90 Å². The molecule has 0 amide bonds. The van der Waals surface area contributed by atoms with Gasteiger partial charge in [-0.2, -0.15) is 0 Å². The van der Waals surface area contributed by atoms with Gasteiger partial charge in [0.15, 0.2) is 0 Å². The highest BCUT2D eigenvalue weighted by molar-refractivity contribution is 5.85.